The first-order chi connectivity index (χ1) is 8.72. The number of benzene rings is 1. The van der Waals surface area contributed by atoms with Gasteiger partial charge in [-0.1, -0.05) is 0 Å². The van der Waals surface area contributed by atoms with Crippen molar-refractivity contribution in [2.75, 3.05) is 5.32 Å². The molecule has 0 aliphatic rings. The lowest BCUT2D eigenvalue weighted by atomic mass is 10.2. The minimum absolute atomic E-state index is 0.796. The van der Waals surface area contributed by atoms with E-state index in [9.17, 15) is 0 Å². The third kappa shape index (κ3) is 2.09. The van der Waals surface area contributed by atoms with Crippen LogP contribution in [0, 0.1) is 6.92 Å². The summed E-state index contributed by atoms with van der Waals surface area (Å²) < 4.78 is 3.06. The van der Waals surface area contributed by atoms with Crippen LogP contribution in [0.3, 0.4) is 0 Å². The molecule has 1 N–H and O–H groups in total. The van der Waals surface area contributed by atoms with Crippen molar-refractivity contribution in [2.45, 2.75) is 13.5 Å². The molecule has 0 fully saturated rings. The van der Waals surface area contributed by atoms with Crippen LogP contribution >= 0.6 is 11.3 Å². The van der Waals surface area contributed by atoms with E-state index in [1.165, 1.54) is 10.3 Å². The number of nitrogens with one attached hydrogen (secondary N) is 1. The van der Waals surface area contributed by atoms with E-state index in [1.54, 1.807) is 11.3 Å². The van der Waals surface area contributed by atoms with Gasteiger partial charge in [-0.3, -0.25) is 4.68 Å². The lowest BCUT2D eigenvalue weighted by Crippen LogP contribution is -1.99. The van der Waals surface area contributed by atoms with Crippen LogP contribution in [-0.4, -0.2) is 14.8 Å². The Labute approximate surface area is 109 Å². The summed E-state index contributed by atoms with van der Waals surface area (Å²) in [5.41, 5.74) is 6.35. The Bertz CT molecular complexity index is 683. The Morgan fingerprint density at radius 2 is 2.28 bits per heavy atom. The van der Waals surface area contributed by atoms with Gasteiger partial charge in [0, 0.05) is 31.0 Å². The first-order valence-electron chi connectivity index (χ1n) is 5.78. The van der Waals surface area contributed by atoms with Crippen LogP contribution < -0.4 is 5.32 Å². The Morgan fingerprint density at radius 3 is 3.06 bits per heavy atom. The largest absolute Gasteiger partial charge is 0.381 e. The molecule has 0 atom stereocenters. The molecule has 2 aromatic heterocycles. The van der Waals surface area contributed by atoms with Crippen LogP contribution in [0.2, 0.25) is 0 Å². The van der Waals surface area contributed by atoms with Crippen molar-refractivity contribution in [2.24, 2.45) is 7.05 Å². The highest BCUT2D eigenvalue weighted by Gasteiger charge is 2.03. The number of aryl methyl sites for hydroxylation is 2. The maximum absolute atomic E-state index is 4.33. The maximum atomic E-state index is 4.33. The molecular weight excluding hydrogens is 244 g/mol. The molecule has 0 aliphatic carbocycles. The van der Waals surface area contributed by atoms with Crippen molar-refractivity contribution < 1.29 is 0 Å². The number of hydrogen-bond donors (Lipinski definition) is 1. The summed E-state index contributed by atoms with van der Waals surface area (Å²) in [7, 11) is 1.94. The first-order valence-corrected chi connectivity index (χ1v) is 6.66. The van der Waals surface area contributed by atoms with Gasteiger partial charge in [0.1, 0.15) is 0 Å². The van der Waals surface area contributed by atoms with Crippen molar-refractivity contribution in [3.63, 3.8) is 0 Å². The fraction of sp³-hybridized carbons (Fsp3) is 0.231. The van der Waals surface area contributed by atoms with Gasteiger partial charge in [0.2, 0.25) is 0 Å². The number of anilines is 1. The third-order valence-electron chi connectivity index (χ3n) is 2.93. The van der Waals surface area contributed by atoms with E-state index in [4.69, 9.17) is 0 Å². The molecule has 5 heteroatoms. The topological polar surface area (TPSA) is 42.7 Å². The zero-order valence-corrected chi connectivity index (χ0v) is 11.2. The molecule has 0 radical (unpaired) electrons. The van der Waals surface area contributed by atoms with Gasteiger partial charge in [-0.25, -0.2) is 4.98 Å². The van der Waals surface area contributed by atoms with Crippen molar-refractivity contribution in [1.82, 2.24) is 14.8 Å². The molecule has 0 aliphatic heterocycles. The third-order valence-corrected chi connectivity index (χ3v) is 3.72. The van der Waals surface area contributed by atoms with Gasteiger partial charge >= 0.3 is 0 Å². The van der Waals surface area contributed by atoms with Crippen LogP contribution in [0.4, 0.5) is 5.69 Å². The minimum Gasteiger partial charge on any atom is -0.381 e. The van der Waals surface area contributed by atoms with E-state index in [0.29, 0.717) is 0 Å². The fourth-order valence-electron chi connectivity index (χ4n) is 1.98. The Hall–Kier alpha value is -1.88. The molecule has 4 nitrogen and oxygen atoms in total. The molecule has 18 heavy (non-hydrogen) atoms. The Kier molecular flexibility index (Phi) is 2.76. The first kappa shape index (κ1) is 11.2. The Morgan fingerprint density at radius 1 is 1.39 bits per heavy atom. The molecule has 2 heterocycles. The molecule has 3 aromatic rings. The summed E-state index contributed by atoms with van der Waals surface area (Å²) in [4.78, 5) is 4.27. The summed E-state index contributed by atoms with van der Waals surface area (Å²) in [5.74, 6) is 0. The smallest absolute Gasteiger partial charge is 0.0813 e. The van der Waals surface area contributed by atoms with Crippen molar-refractivity contribution in [3.8, 4) is 0 Å². The number of hydrogen-bond acceptors (Lipinski definition) is 4. The lowest BCUT2D eigenvalue weighted by molar-refractivity contribution is 0.756. The van der Waals surface area contributed by atoms with E-state index in [0.717, 1.165) is 23.4 Å². The molecule has 0 saturated carbocycles. The molecule has 1 aromatic carbocycles. The van der Waals surface area contributed by atoms with Crippen molar-refractivity contribution in [3.05, 3.63) is 41.2 Å². The number of thiazole rings is 1. The zero-order chi connectivity index (χ0) is 12.5. The standard InChI is InChI=1S/C13H14N4S/c1-9-10(7-17(2)16-9)6-14-11-3-4-12-13(5-11)18-8-15-12/h3-5,7-8,14H,6H2,1-2H3. The highest BCUT2D eigenvalue weighted by molar-refractivity contribution is 7.16. The summed E-state index contributed by atoms with van der Waals surface area (Å²) >= 11 is 1.66. The van der Waals surface area contributed by atoms with Crippen LogP contribution in [-0.2, 0) is 13.6 Å². The predicted molar refractivity (Wildman–Crippen MR) is 74.9 cm³/mol. The maximum Gasteiger partial charge on any atom is 0.0813 e. The van der Waals surface area contributed by atoms with E-state index < -0.39 is 0 Å². The predicted octanol–water partition coefficient (Wildman–Crippen LogP) is 2.95. The normalized spacial score (nSPS) is 11.0. The van der Waals surface area contributed by atoms with Gasteiger partial charge in [0.15, 0.2) is 0 Å². The average Bonchev–Trinajstić information content (AvgIpc) is 2.92. The second-order valence-corrected chi connectivity index (χ2v) is 5.19. The highest BCUT2D eigenvalue weighted by atomic mass is 32.1. The number of nitrogens with zero attached hydrogens (tertiary/aromatic N) is 3. The van der Waals surface area contributed by atoms with Crippen molar-refractivity contribution >= 4 is 27.2 Å². The molecular formula is C13H14N4S. The SMILES string of the molecule is Cc1nn(C)cc1CNc1ccc2ncsc2c1. The van der Waals surface area contributed by atoms with Gasteiger partial charge < -0.3 is 5.32 Å². The highest BCUT2D eigenvalue weighted by Crippen LogP contribution is 2.22. The van der Waals surface area contributed by atoms with Gasteiger partial charge in [-0.05, 0) is 25.1 Å². The molecule has 3 rings (SSSR count). The quantitative estimate of drug-likeness (QED) is 0.785. The fourth-order valence-corrected chi connectivity index (χ4v) is 2.70. The second kappa shape index (κ2) is 4.42. The van der Waals surface area contributed by atoms with Gasteiger partial charge in [0.05, 0.1) is 21.4 Å². The molecule has 92 valence electrons. The minimum atomic E-state index is 0.796. The summed E-state index contributed by atoms with van der Waals surface area (Å²) in [5, 5.41) is 7.76. The second-order valence-electron chi connectivity index (χ2n) is 4.30. The zero-order valence-electron chi connectivity index (χ0n) is 10.3. The summed E-state index contributed by atoms with van der Waals surface area (Å²) in [6.45, 7) is 2.83. The Balaban J connectivity index is 1.78. The molecule has 0 bridgehead atoms. The summed E-state index contributed by atoms with van der Waals surface area (Å²) in [6.07, 6.45) is 2.05. The molecule has 0 saturated heterocycles. The van der Waals surface area contributed by atoms with Gasteiger partial charge in [-0.2, -0.15) is 5.10 Å². The van der Waals surface area contributed by atoms with E-state index in [2.05, 4.69) is 27.5 Å². The van der Waals surface area contributed by atoms with Crippen molar-refractivity contribution in [1.29, 1.82) is 0 Å². The molecule has 0 amide bonds. The molecule has 0 spiro atoms. The van der Waals surface area contributed by atoms with Gasteiger partial charge in [-0.15, -0.1) is 11.3 Å². The number of aromatic nitrogens is 3. The van der Waals surface area contributed by atoms with Crippen LogP contribution in [0.25, 0.3) is 10.2 Å². The van der Waals surface area contributed by atoms with E-state index in [-0.39, 0.29) is 0 Å². The number of fused-ring (bicyclic) bond motifs is 1. The van der Waals surface area contributed by atoms with E-state index >= 15 is 0 Å². The van der Waals surface area contributed by atoms with E-state index in [1.807, 2.05) is 36.4 Å². The monoisotopic (exact) mass is 258 g/mol. The van der Waals surface area contributed by atoms with Crippen LogP contribution in [0.5, 0.6) is 0 Å². The number of rotatable bonds is 3. The average molecular weight is 258 g/mol. The lowest BCUT2D eigenvalue weighted by Gasteiger charge is -2.05. The van der Waals surface area contributed by atoms with Crippen LogP contribution in [0.1, 0.15) is 11.3 Å². The molecule has 0 unspecified atom stereocenters. The van der Waals surface area contributed by atoms with Crippen LogP contribution in [0.15, 0.2) is 29.9 Å². The van der Waals surface area contributed by atoms with Gasteiger partial charge in [0.25, 0.3) is 0 Å². The summed E-state index contributed by atoms with van der Waals surface area (Å²) in [6, 6.07) is 6.25.